The zero-order chi connectivity index (χ0) is 16.8. The Labute approximate surface area is 141 Å². The predicted octanol–water partition coefficient (Wildman–Crippen LogP) is 3.74. The minimum absolute atomic E-state index is 0.102. The maximum absolute atomic E-state index is 12.3. The van der Waals surface area contributed by atoms with Crippen molar-refractivity contribution in [3.05, 3.63) is 72.1 Å². The van der Waals surface area contributed by atoms with E-state index in [1.165, 1.54) is 5.56 Å². The van der Waals surface area contributed by atoms with Crippen LogP contribution in [-0.2, 0) is 0 Å². The molecule has 0 aliphatic carbocycles. The van der Waals surface area contributed by atoms with Crippen LogP contribution < -0.4 is 10.1 Å². The van der Waals surface area contributed by atoms with Crippen LogP contribution in [0.5, 0.6) is 5.75 Å². The second kappa shape index (κ2) is 7.59. The first kappa shape index (κ1) is 16.0. The van der Waals surface area contributed by atoms with Gasteiger partial charge in [-0.05, 0) is 30.9 Å². The van der Waals surface area contributed by atoms with E-state index in [4.69, 9.17) is 4.74 Å². The van der Waals surface area contributed by atoms with Crippen LogP contribution in [0.1, 0.15) is 22.3 Å². The van der Waals surface area contributed by atoms with Gasteiger partial charge in [0.25, 0.3) is 5.91 Å². The molecule has 2 aromatic carbocycles. The molecule has 0 bridgehead atoms. The fourth-order valence-electron chi connectivity index (χ4n) is 2.49. The summed E-state index contributed by atoms with van der Waals surface area (Å²) in [6, 6.07) is 15.7. The summed E-state index contributed by atoms with van der Waals surface area (Å²) < 4.78 is 5.66. The van der Waals surface area contributed by atoms with Crippen LogP contribution in [0.4, 0.5) is 0 Å². The predicted molar refractivity (Wildman–Crippen MR) is 95.4 cm³/mol. The molecule has 0 fully saturated rings. The van der Waals surface area contributed by atoms with Crippen LogP contribution in [0.15, 0.2) is 60.9 Å². The smallest absolute Gasteiger partial charge is 0.253 e. The molecule has 1 heterocycles. The Bertz CT molecular complexity index is 823. The van der Waals surface area contributed by atoms with Gasteiger partial charge in [0.15, 0.2) is 0 Å². The third-order valence-corrected chi connectivity index (χ3v) is 3.81. The van der Waals surface area contributed by atoms with Gasteiger partial charge in [-0.3, -0.25) is 9.78 Å². The Balaban J connectivity index is 1.49. The fraction of sp³-hybridized carbons (Fsp3) is 0.200. The summed E-state index contributed by atoms with van der Waals surface area (Å²) >= 11 is 0. The van der Waals surface area contributed by atoms with Crippen molar-refractivity contribution in [3.63, 3.8) is 0 Å². The first-order valence-corrected chi connectivity index (χ1v) is 8.04. The van der Waals surface area contributed by atoms with Crippen LogP contribution in [0.2, 0.25) is 0 Å². The number of benzene rings is 2. The summed E-state index contributed by atoms with van der Waals surface area (Å²) in [5.41, 5.74) is 1.81. The average molecular weight is 320 g/mol. The number of nitrogens with one attached hydrogen (secondary N) is 1. The van der Waals surface area contributed by atoms with Crippen LogP contribution in [0, 0.1) is 6.92 Å². The van der Waals surface area contributed by atoms with Gasteiger partial charge in [-0.1, -0.05) is 42.0 Å². The van der Waals surface area contributed by atoms with Crippen molar-refractivity contribution in [1.29, 1.82) is 0 Å². The highest BCUT2D eigenvalue weighted by atomic mass is 16.5. The second-order valence-electron chi connectivity index (χ2n) is 5.68. The highest BCUT2D eigenvalue weighted by molar-refractivity contribution is 6.06. The number of fused-ring (bicyclic) bond motifs is 1. The van der Waals surface area contributed by atoms with E-state index in [1.54, 1.807) is 12.4 Å². The van der Waals surface area contributed by atoms with E-state index < -0.39 is 0 Å². The van der Waals surface area contributed by atoms with E-state index in [1.807, 2.05) is 55.5 Å². The molecule has 0 spiro atoms. The number of amides is 1. The summed E-state index contributed by atoms with van der Waals surface area (Å²) in [7, 11) is 0. The van der Waals surface area contributed by atoms with Crippen molar-refractivity contribution in [2.45, 2.75) is 13.3 Å². The number of rotatable bonds is 6. The quantitative estimate of drug-likeness (QED) is 0.704. The van der Waals surface area contributed by atoms with Crippen molar-refractivity contribution < 1.29 is 9.53 Å². The Morgan fingerprint density at radius 1 is 1.08 bits per heavy atom. The summed E-state index contributed by atoms with van der Waals surface area (Å²) in [5.74, 6) is 0.750. The van der Waals surface area contributed by atoms with Gasteiger partial charge in [-0.15, -0.1) is 0 Å². The molecule has 1 aromatic heterocycles. The third kappa shape index (κ3) is 3.90. The Morgan fingerprint density at radius 2 is 1.88 bits per heavy atom. The van der Waals surface area contributed by atoms with Crippen molar-refractivity contribution >= 4 is 16.7 Å². The number of pyridine rings is 1. The normalized spacial score (nSPS) is 10.5. The van der Waals surface area contributed by atoms with Gasteiger partial charge in [0, 0.05) is 24.3 Å². The van der Waals surface area contributed by atoms with Gasteiger partial charge in [0.1, 0.15) is 5.75 Å². The summed E-state index contributed by atoms with van der Waals surface area (Å²) in [4.78, 5) is 16.5. The highest BCUT2D eigenvalue weighted by Gasteiger charge is 2.09. The molecule has 3 rings (SSSR count). The van der Waals surface area contributed by atoms with E-state index >= 15 is 0 Å². The summed E-state index contributed by atoms with van der Waals surface area (Å²) in [5, 5.41) is 4.81. The molecule has 0 atom stereocenters. The number of aryl methyl sites for hydroxylation is 1. The molecule has 3 aromatic rings. The van der Waals surface area contributed by atoms with Crippen molar-refractivity contribution in [2.24, 2.45) is 0 Å². The standard InChI is InChI=1S/C20H20N2O2/c1-15-7-9-17(10-8-15)24-12-4-11-22-20(23)19-14-21-13-16-5-2-3-6-18(16)19/h2-3,5-10,13-14H,4,11-12H2,1H3,(H,22,23). The molecule has 0 saturated heterocycles. The molecule has 0 unspecified atom stereocenters. The average Bonchev–Trinajstić information content (AvgIpc) is 2.62. The maximum Gasteiger partial charge on any atom is 0.253 e. The van der Waals surface area contributed by atoms with E-state index in [0.29, 0.717) is 18.7 Å². The highest BCUT2D eigenvalue weighted by Crippen LogP contribution is 2.16. The Hall–Kier alpha value is -2.88. The molecule has 0 aliphatic heterocycles. The van der Waals surface area contributed by atoms with E-state index in [9.17, 15) is 4.79 Å². The van der Waals surface area contributed by atoms with Crippen LogP contribution in [0.25, 0.3) is 10.8 Å². The zero-order valence-electron chi connectivity index (χ0n) is 13.7. The molecule has 0 aliphatic rings. The molecule has 4 heteroatoms. The molecular weight excluding hydrogens is 300 g/mol. The number of nitrogens with zero attached hydrogens (tertiary/aromatic N) is 1. The Kier molecular flexibility index (Phi) is 5.06. The number of hydrogen-bond donors (Lipinski definition) is 1. The lowest BCUT2D eigenvalue weighted by Gasteiger charge is -2.09. The minimum Gasteiger partial charge on any atom is -0.494 e. The lowest BCUT2D eigenvalue weighted by Crippen LogP contribution is -2.25. The molecule has 4 nitrogen and oxygen atoms in total. The molecule has 1 amide bonds. The first-order valence-electron chi connectivity index (χ1n) is 8.04. The van der Waals surface area contributed by atoms with Gasteiger partial charge in [0.2, 0.25) is 0 Å². The topological polar surface area (TPSA) is 51.2 Å². The molecular formula is C20H20N2O2. The molecule has 122 valence electrons. The number of carbonyl (C=O) groups excluding carboxylic acids is 1. The Morgan fingerprint density at radius 3 is 2.71 bits per heavy atom. The zero-order valence-corrected chi connectivity index (χ0v) is 13.7. The van der Waals surface area contributed by atoms with Crippen LogP contribution in [-0.4, -0.2) is 24.0 Å². The maximum atomic E-state index is 12.3. The monoisotopic (exact) mass is 320 g/mol. The molecule has 0 saturated carbocycles. The first-order chi connectivity index (χ1) is 11.7. The third-order valence-electron chi connectivity index (χ3n) is 3.81. The molecule has 1 N–H and O–H groups in total. The van der Waals surface area contributed by atoms with Crippen LogP contribution >= 0.6 is 0 Å². The number of aromatic nitrogens is 1. The van der Waals surface area contributed by atoms with E-state index in [-0.39, 0.29) is 5.91 Å². The molecule has 24 heavy (non-hydrogen) atoms. The van der Waals surface area contributed by atoms with Gasteiger partial charge in [0.05, 0.1) is 12.2 Å². The van der Waals surface area contributed by atoms with Gasteiger partial charge < -0.3 is 10.1 Å². The number of hydrogen-bond acceptors (Lipinski definition) is 3. The van der Waals surface area contributed by atoms with E-state index in [0.717, 1.165) is 22.9 Å². The van der Waals surface area contributed by atoms with Gasteiger partial charge in [-0.25, -0.2) is 0 Å². The fourth-order valence-corrected chi connectivity index (χ4v) is 2.49. The van der Waals surface area contributed by atoms with Gasteiger partial charge in [-0.2, -0.15) is 0 Å². The second-order valence-corrected chi connectivity index (χ2v) is 5.68. The lowest BCUT2D eigenvalue weighted by atomic mass is 10.1. The summed E-state index contributed by atoms with van der Waals surface area (Å²) in [6.45, 7) is 3.17. The SMILES string of the molecule is Cc1ccc(OCCCNC(=O)c2cncc3ccccc23)cc1. The molecule has 0 radical (unpaired) electrons. The van der Waals surface area contributed by atoms with Crippen molar-refractivity contribution in [3.8, 4) is 5.75 Å². The summed E-state index contributed by atoms with van der Waals surface area (Å²) in [6.07, 6.45) is 4.12. The number of carbonyl (C=O) groups is 1. The minimum atomic E-state index is -0.102. The van der Waals surface area contributed by atoms with Crippen molar-refractivity contribution in [2.75, 3.05) is 13.2 Å². The largest absolute Gasteiger partial charge is 0.494 e. The van der Waals surface area contributed by atoms with Crippen molar-refractivity contribution in [1.82, 2.24) is 10.3 Å². The van der Waals surface area contributed by atoms with E-state index in [2.05, 4.69) is 10.3 Å². The van der Waals surface area contributed by atoms with Gasteiger partial charge >= 0.3 is 0 Å². The lowest BCUT2D eigenvalue weighted by molar-refractivity contribution is 0.0953. The van der Waals surface area contributed by atoms with Crippen LogP contribution in [0.3, 0.4) is 0 Å². The number of ether oxygens (including phenoxy) is 1.